The quantitative estimate of drug-likeness (QED) is 0.756. The summed E-state index contributed by atoms with van der Waals surface area (Å²) in [7, 11) is 1.78. The van der Waals surface area contributed by atoms with Crippen LogP contribution in [0.1, 0.15) is 61.4 Å². The van der Waals surface area contributed by atoms with Crippen molar-refractivity contribution in [3.05, 3.63) is 53.6 Å². The van der Waals surface area contributed by atoms with Crippen molar-refractivity contribution in [1.82, 2.24) is 9.55 Å². The Morgan fingerprint density at radius 2 is 2.00 bits per heavy atom. The molecule has 0 bridgehead atoms. The zero-order valence-electron chi connectivity index (χ0n) is 14.2. The molecule has 1 aromatic heterocycles. The van der Waals surface area contributed by atoms with Crippen molar-refractivity contribution < 1.29 is 9.90 Å². The number of unbranched alkanes of at least 4 members (excludes halogenated alkanes) is 1. The van der Waals surface area contributed by atoms with E-state index in [1.165, 1.54) is 6.20 Å². The highest BCUT2D eigenvalue weighted by molar-refractivity contribution is 5.72. The number of aliphatic hydroxyl groups is 1. The minimum absolute atomic E-state index is 0.0467. The summed E-state index contributed by atoms with van der Waals surface area (Å²) < 4.78 is 1.70. The molecule has 124 valence electrons. The van der Waals surface area contributed by atoms with Gasteiger partial charge in [-0.15, -0.1) is 0 Å². The summed E-state index contributed by atoms with van der Waals surface area (Å²) in [4.78, 5) is 15.6. The van der Waals surface area contributed by atoms with Crippen molar-refractivity contribution in [3.8, 4) is 0 Å². The maximum Gasteiger partial charge on any atom is 0.168 e. The van der Waals surface area contributed by atoms with Crippen molar-refractivity contribution in [2.75, 3.05) is 0 Å². The number of hydrogen-bond acceptors (Lipinski definition) is 3. The molecule has 1 aromatic carbocycles. The summed E-state index contributed by atoms with van der Waals surface area (Å²) in [6, 6.07) is 9.66. The summed E-state index contributed by atoms with van der Waals surface area (Å²) >= 11 is 0. The second-order valence-electron chi connectivity index (χ2n) is 6.06. The average Bonchev–Trinajstić information content (AvgIpc) is 2.97. The molecule has 2 atom stereocenters. The van der Waals surface area contributed by atoms with Gasteiger partial charge in [-0.3, -0.25) is 4.79 Å². The number of nitrogens with zero attached hydrogens (tertiary/aromatic N) is 2. The van der Waals surface area contributed by atoms with Gasteiger partial charge in [-0.05, 0) is 24.3 Å². The minimum Gasteiger partial charge on any atom is -0.377 e. The van der Waals surface area contributed by atoms with E-state index in [9.17, 15) is 9.90 Å². The van der Waals surface area contributed by atoms with E-state index in [0.717, 1.165) is 37.5 Å². The van der Waals surface area contributed by atoms with Gasteiger partial charge in [0.05, 0.1) is 6.20 Å². The molecule has 4 nitrogen and oxygen atoms in total. The summed E-state index contributed by atoms with van der Waals surface area (Å²) in [6.07, 6.45) is 6.20. The third-order valence-electron chi connectivity index (χ3n) is 4.69. The summed E-state index contributed by atoms with van der Waals surface area (Å²) in [5.41, 5.74) is 0.107. The van der Waals surface area contributed by atoms with Gasteiger partial charge in [-0.25, -0.2) is 4.98 Å². The predicted octanol–water partition coefficient (Wildman–Crippen LogP) is 3.68. The first-order valence-corrected chi connectivity index (χ1v) is 8.34. The van der Waals surface area contributed by atoms with Crippen molar-refractivity contribution in [2.45, 2.75) is 45.1 Å². The third kappa shape index (κ3) is 3.22. The van der Waals surface area contributed by atoms with Crippen LogP contribution in [-0.2, 0) is 12.6 Å². The molecule has 0 aliphatic heterocycles. The first kappa shape index (κ1) is 17.4. The maximum atomic E-state index is 11.7. The molecule has 0 saturated carbocycles. The van der Waals surface area contributed by atoms with Crippen LogP contribution in [0.5, 0.6) is 0 Å². The third-order valence-corrected chi connectivity index (χ3v) is 4.69. The van der Waals surface area contributed by atoms with Crippen LogP contribution in [0.3, 0.4) is 0 Å². The van der Waals surface area contributed by atoms with Crippen LogP contribution in [0.2, 0.25) is 0 Å². The Bertz CT molecular complexity index is 636. The topological polar surface area (TPSA) is 55.1 Å². The molecule has 0 saturated heterocycles. The zero-order valence-corrected chi connectivity index (χ0v) is 14.2. The molecule has 0 radical (unpaired) electrons. The first-order valence-electron chi connectivity index (χ1n) is 8.34. The molecule has 1 heterocycles. The van der Waals surface area contributed by atoms with E-state index in [1.54, 1.807) is 11.6 Å². The lowest BCUT2D eigenvalue weighted by Gasteiger charge is -2.36. The molecular formula is C19H26N2O2. The maximum absolute atomic E-state index is 11.7. The molecule has 0 amide bonds. The molecule has 0 fully saturated rings. The Kier molecular flexibility index (Phi) is 5.72. The largest absolute Gasteiger partial charge is 0.377 e. The number of aromatic nitrogens is 2. The Labute approximate surface area is 138 Å². The summed E-state index contributed by atoms with van der Waals surface area (Å²) in [5.74, 6) is 0.583. The first-order chi connectivity index (χ1) is 11.1. The number of benzene rings is 1. The highest BCUT2D eigenvalue weighted by atomic mass is 16.3. The van der Waals surface area contributed by atoms with Crippen LogP contribution in [0.4, 0.5) is 0 Å². The molecular weight excluding hydrogens is 288 g/mol. The second-order valence-corrected chi connectivity index (χ2v) is 6.06. The van der Waals surface area contributed by atoms with E-state index in [1.807, 2.05) is 30.3 Å². The van der Waals surface area contributed by atoms with Gasteiger partial charge < -0.3 is 9.67 Å². The second kappa shape index (κ2) is 7.55. The standard InChI is InChI=1S/C19H26N2O2/c1-4-6-10-15(5-2)19(23,16-11-8-7-9-12-16)18-20-13-17(14-22)21(18)3/h7-9,11-15,23H,4-6,10H2,1-3H3. The van der Waals surface area contributed by atoms with Gasteiger partial charge in [-0.1, -0.05) is 57.0 Å². The fourth-order valence-electron chi connectivity index (χ4n) is 3.28. The Morgan fingerprint density at radius 3 is 2.52 bits per heavy atom. The van der Waals surface area contributed by atoms with Gasteiger partial charge in [-0.2, -0.15) is 0 Å². The van der Waals surface area contributed by atoms with E-state index < -0.39 is 5.60 Å². The predicted molar refractivity (Wildman–Crippen MR) is 91.3 cm³/mol. The summed E-state index contributed by atoms with van der Waals surface area (Å²) in [5, 5.41) is 11.7. The number of imidazole rings is 1. The van der Waals surface area contributed by atoms with E-state index in [4.69, 9.17) is 0 Å². The number of aldehydes is 1. The van der Waals surface area contributed by atoms with Gasteiger partial charge in [0.25, 0.3) is 0 Å². The fraction of sp³-hybridized carbons (Fsp3) is 0.474. The Hall–Kier alpha value is -1.94. The monoisotopic (exact) mass is 314 g/mol. The number of rotatable bonds is 8. The lowest BCUT2D eigenvalue weighted by atomic mass is 9.76. The highest BCUT2D eigenvalue weighted by Crippen LogP contribution is 2.40. The molecule has 2 rings (SSSR count). The Morgan fingerprint density at radius 1 is 1.30 bits per heavy atom. The van der Waals surface area contributed by atoms with Gasteiger partial charge >= 0.3 is 0 Å². The van der Waals surface area contributed by atoms with Crippen LogP contribution in [0, 0.1) is 5.92 Å². The van der Waals surface area contributed by atoms with E-state index in [-0.39, 0.29) is 5.92 Å². The smallest absolute Gasteiger partial charge is 0.168 e. The van der Waals surface area contributed by atoms with Crippen LogP contribution < -0.4 is 0 Å². The number of carbonyl (C=O) groups is 1. The Balaban J connectivity index is 2.59. The van der Waals surface area contributed by atoms with E-state index >= 15 is 0 Å². The molecule has 2 unspecified atom stereocenters. The number of hydrogen-bond donors (Lipinski definition) is 1. The van der Waals surface area contributed by atoms with Crippen LogP contribution in [0.15, 0.2) is 36.5 Å². The van der Waals surface area contributed by atoms with Gasteiger partial charge in [0.15, 0.2) is 6.29 Å². The van der Waals surface area contributed by atoms with Crippen molar-refractivity contribution in [2.24, 2.45) is 13.0 Å². The van der Waals surface area contributed by atoms with Crippen molar-refractivity contribution in [3.63, 3.8) is 0 Å². The summed E-state index contributed by atoms with van der Waals surface area (Å²) in [6.45, 7) is 4.25. The van der Waals surface area contributed by atoms with E-state index in [2.05, 4.69) is 18.8 Å². The minimum atomic E-state index is -1.19. The lowest BCUT2D eigenvalue weighted by Crippen LogP contribution is -2.39. The van der Waals surface area contributed by atoms with E-state index in [0.29, 0.717) is 11.5 Å². The van der Waals surface area contributed by atoms with Crippen LogP contribution >= 0.6 is 0 Å². The molecule has 2 aromatic rings. The SMILES string of the molecule is CCCCC(CC)C(O)(c1ccccc1)c1ncc(C=O)n1C. The zero-order chi connectivity index (χ0) is 16.9. The molecule has 4 heteroatoms. The van der Waals surface area contributed by atoms with Crippen molar-refractivity contribution in [1.29, 1.82) is 0 Å². The fourth-order valence-corrected chi connectivity index (χ4v) is 3.28. The van der Waals surface area contributed by atoms with Gasteiger partial charge in [0, 0.05) is 7.05 Å². The molecule has 0 aliphatic carbocycles. The number of carbonyl (C=O) groups excluding carboxylic acids is 1. The molecule has 0 aliphatic rings. The van der Waals surface area contributed by atoms with Crippen LogP contribution in [0.25, 0.3) is 0 Å². The molecule has 0 spiro atoms. The normalized spacial score (nSPS) is 15.1. The van der Waals surface area contributed by atoms with Crippen LogP contribution in [-0.4, -0.2) is 20.9 Å². The molecule has 23 heavy (non-hydrogen) atoms. The van der Waals surface area contributed by atoms with Crippen molar-refractivity contribution >= 4 is 6.29 Å². The molecule has 1 N–H and O–H groups in total. The average molecular weight is 314 g/mol. The highest BCUT2D eigenvalue weighted by Gasteiger charge is 2.42. The van der Waals surface area contributed by atoms with Gasteiger partial charge in [0.1, 0.15) is 17.1 Å². The lowest BCUT2D eigenvalue weighted by molar-refractivity contribution is -0.00123. The van der Waals surface area contributed by atoms with Gasteiger partial charge in [0.2, 0.25) is 0 Å².